The smallest absolute Gasteiger partial charge is 0.457 e. The lowest BCUT2D eigenvalue weighted by molar-refractivity contribution is -0.220. The predicted molar refractivity (Wildman–Crippen MR) is 257 cm³/mol. The van der Waals surface area contributed by atoms with Crippen molar-refractivity contribution in [2.45, 2.75) is 198 Å². The fourth-order valence-corrected chi connectivity index (χ4v) is 7.66. The number of hydrogen-bond donors (Lipinski definition) is 6. The van der Waals surface area contributed by atoms with E-state index in [1.165, 1.54) is 25.7 Å². The van der Waals surface area contributed by atoms with Crippen molar-refractivity contribution in [3.05, 3.63) is 97.2 Å². The molecule has 6 unspecified atom stereocenters. The first-order valence-corrected chi connectivity index (χ1v) is 25.6. The minimum atomic E-state index is -5.04. The first-order valence-electron chi connectivity index (χ1n) is 24.1. The van der Waals surface area contributed by atoms with Gasteiger partial charge < -0.3 is 39.9 Å². The normalized spacial score (nSPS) is 22.6. The molecule has 1 rings (SSSR count). The number of esters is 1. The number of carbonyl (C=O) groups excluding carboxylic acids is 1. The Morgan fingerprint density at radius 1 is 0.500 bits per heavy atom. The SMILES string of the molecule is CC/C=C\C/C=C\C/C=C\C/C=C\C/C=C\CCCCCCCCCCOCC(COP(=O)(O)OC1C(O)C(O)C(O)C(O)C1O)OC(=O)CCCCC/C=C\C/C=C\C/C=C\CC. The highest BCUT2D eigenvalue weighted by molar-refractivity contribution is 7.47. The highest BCUT2D eigenvalue weighted by atomic mass is 31.2. The summed E-state index contributed by atoms with van der Waals surface area (Å²) in [6, 6.07) is 0. The first-order chi connectivity index (χ1) is 31.0. The zero-order valence-corrected chi connectivity index (χ0v) is 39.9. The molecule has 0 aromatic carbocycles. The maximum absolute atomic E-state index is 12.8. The van der Waals surface area contributed by atoms with Gasteiger partial charge >= 0.3 is 13.8 Å². The van der Waals surface area contributed by atoms with E-state index >= 15 is 0 Å². The monoisotopic (exact) mass is 921 g/mol. The Bertz CT molecular complexity index is 1420. The maximum atomic E-state index is 12.8. The van der Waals surface area contributed by atoms with Crippen molar-refractivity contribution in [2.75, 3.05) is 19.8 Å². The number of allylic oxidation sites excluding steroid dienone is 16. The number of carbonyl (C=O) groups is 1. The van der Waals surface area contributed by atoms with Gasteiger partial charge in [-0.3, -0.25) is 13.8 Å². The van der Waals surface area contributed by atoms with E-state index in [1.807, 2.05) is 0 Å². The van der Waals surface area contributed by atoms with Gasteiger partial charge in [-0.05, 0) is 89.9 Å². The van der Waals surface area contributed by atoms with E-state index in [9.17, 15) is 39.8 Å². The van der Waals surface area contributed by atoms with Crippen LogP contribution in [0.5, 0.6) is 0 Å². The molecule has 1 fully saturated rings. The summed E-state index contributed by atoms with van der Waals surface area (Å²) in [6.45, 7) is 3.96. The maximum Gasteiger partial charge on any atom is 0.472 e. The molecule has 1 saturated carbocycles. The second-order valence-corrected chi connectivity index (χ2v) is 17.6. The average molecular weight is 921 g/mol. The third-order valence-corrected chi connectivity index (χ3v) is 11.4. The molecular weight excluding hydrogens is 836 g/mol. The molecule has 0 bridgehead atoms. The minimum absolute atomic E-state index is 0.101. The molecule has 0 saturated heterocycles. The lowest BCUT2D eigenvalue weighted by atomic mass is 9.85. The summed E-state index contributed by atoms with van der Waals surface area (Å²) >= 11 is 0. The Balaban J connectivity index is 2.36. The Morgan fingerprint density at radius 2 is 0.875 bits per heavy atom. The molecule has 366 valence electrons. The molecule has 0 aromatic heterocycles. The lowest BCUT2D eigenvalue weighted by Gasteiger charge is -2.41. The van der Waals surface area contributed by atoms with E-state index in [0.29, 0.717) is 13.0 Å². The molecule has 6 N–H and O–H groups in total. The van der Waals surface area contributed by atoms with Gasteiger partial charge in [0.25, 0.3) is 0 Å². The van der Waals surface area contributed by atoms with Gasteiger partial charge in [0.15, 0.2) is 0 Å². The molecule has 0 amide bonds. The Kier molecular flexibility index (Phi) is 37.5. The largest absolute Gasteiger partial charge is 0.472 e. The van der Waals surface area contributed by atoms with E-state index in [0.717, 1.165) is 103 Å². The number of hydrogen-bond acceptors (Lipinski definition) is 11. The summed E-state index contributed by atoms with van der Waals surface area (Å²) in [4.78, 5) is 23.1. The van der Waals surface area contributed by atoms with E-state index in [1.54, 1.807) is 0 Å². The molecule has 0 spiro atoms. The zero-order chi connectivity index (χ0) is 46.9. The van der Waals surface area contributed by atoms with Crippen molar-refractivity contribution in [2.24, 2.45) is 0 Å². The van der Waals surface area contributed by atoms with Crippen LogP contribution < -0.4 is 0 Å². The zero-order valence-electron chi connectivity index (χ0n) is 39.0. The van der Waals surface area contributed by atoms with E-state index < -0.39 is 63.1 Å². The molecule has 0 aromatic rings. The van der Waals surface area contributed by atoms with Crippen LogP contribution in [0.15, 0.2) is 97.2 Å². The van der Waals surface area contributed by atoms with E-state index in [-0.39, 0.29) is 13.0 Å². The van der Waals surface area contributed by atoms with E-state index in [2.05, 4.69) is 111 Å². The summed E-state index contributed by atoms with van der Waals surface area (Å²) < 4.78 is 34.2. The molecule has 1 aliphatic carbocycles. The van der Waals surface area contributed by atoms with Crippen LogP contribution >= 0.6 is 7.82 Å². The van der Waals surface area contributed by atoms with Gasteiger partial charge in [0.05, 0.1) is 13.2 Å². The lowest BCUT2D eigenvalue weighted by Crippen LogP contribution is -2.64. The van der Waals surface area contributed by atoms with Gasteiger partial charge in [0.1, 0.15) is 42.7 Å². The Morgan fingerprint density at radius 3 is 1.33 bits per heavy atom. The van der Waals surface area contributed by atoms with E-state index in [4.69, 9.17) is 18.5 Å². The Hall–Kier alpha value is -2.74. The van der Waals surface area contributed by atoms with Gasteiger partial charge in [0, 0.05) is 13.0 Å². The van der Waals surface area contributed by atoms with Crippen molar-refractivity contribution < 1.29 is 58.3 Å². The van der Waals surface area contributed by atoms with Gasteiger partial charge in [-0.25, -0.2) is 4.57 Å². The van der Waals surface area contributed by atoms with Crippen LogP contribution in [0, 0.1) is 0 Å². The second kappa shape index (κ2) is 40.5. The standard InChI is InChI=1S/C51H85O12P/c1-3-5-7-9-11-13-15-17-18-19-20-21-22-23-24-25-26-27-29-31-33-35-37-39-41-60-42-44(43-61-64(58,59)63-51-49(56)47(54)46(53)48(55)50(51)57)62-45(52)40-38-36-34-32-30-28-16-14-12-10-8-6-4-2/h5-8,11-14,17-18,20-21,23-24,28,30,44,46-51,53-57H,3-4,9-10,15-16,19,22,25-27,29,31-43H2,1-2H3,(H,58,59)/b7-5-,8-6-,13-11-,14-12-,18-17-,21-20-,24-23-,30-28-. The quantitative estimate of drug-likeness (QED) is 0.0148. The van der Waals surface area contributed by atoms with Crippen molar-refractivity contribution >= 4 is 13.8 Å². The molecule has 1 aliphatic rings. The summed E-state index contributed by atoms with van der Waals surface area (Å²) in [7, 11) is -5.04. The number of rotatable bonds is 39. The molecule has 64 heavy (non-hydrogen) atoms. The fraction of sp³-hybridized carbons (Fsp3) is 0.667. The minimum Gasteiger partial charge on any atom is -0.457 e. The highest BCUT2D eigenvalue weighted by Crippen LogP contribution is 2.47. The van der Waals surface area contributed by atoms with Gasteiger partial charge in [-0.15, -0.1) is 0 Å². The van der Waals surface area contributed by atoms with Crippen LogP contribution in [0.25, 0.3) is 0 Å². The summed E-state index contributed by atoms with van der Waals surface area (Å²) in [5.41, 5.74) is 0. The van der Waals surface area contributed by atoms with Gasteiger partial charge in [-0.2, -0.15) is 0 Å². The molecule has 12 nitrogen and oxygen atoms in total. The number of unbranched alkanes of at least 4 members (excludes halogenated alkanes) is 11. The third-order valence-electron chi connectivity index (χ3n) is 10.5. The van der Waals surface area contributed by atoms with Crippen LogP contribution in [0.2, 0.25) is 0 Å². The number of aliphatic hydroxyl groups excluding tert-OH is 5. The molecule has 13 heteroatoms. The number of phosphoric ester groups is 1. The van der Waals surface area contributed by atoms with Crippen LogP contribution in [-0.2, 0) is 27.9 Å². The molecule has 6 atom stereocenters. The Labute approximate surface area is 385 Å². The molecule has 0 aliphatic heterocycles. The van der Waals surface area contributed by atoms with Crippen molar-refractivity contribution in [1.29, 1.82) is 0 Å². The van der Waals surface area contributed by atoms with Crippen LogP contribution in [-0.4, -0.2) is 98.9 Å². The second-order valence-electron chi connectivity index (χ2n) is 16.2. The number of phosphoric acid groups is 1. The van der Waals surface area contributed by atoms with Crippen molar-refractivity contribution in [3.63, 3.8) is 0 Å². The summed E-state index contributed by atoms with van der Waals surface area (Å²) in [6.07, 6.45) is 43.4. The average Bonchev–Trinajstić information content (AvgIpc) is 3.28. The summed E-state index contributed by atoms with van der Waals surface area (Å²) in [5.74, 6) is -0.514. The van der Waals surface area contributed by atoms with Gasteiger partial charge in [0.2, 0.25) is 0 Å². The topological polar surface area (TPSA) is 192 Å². The molecular formula is C51H85O12P. The number of aliphatic hydroxyl groups is 5. The van der Waals surface area contributed by atoms with Crippen LogP contribution in [0.4, 0.5) is 0 Å². The fourth-order valence-electron chi connectivity index (χ4n) is 6.69. The number of ether oxygens (including phenoxy) is 2. The third kappa shape index (κ3) is 32.0. The highest BCUT2D eigenvalue weighted by Gasteiger charge is 2.51. The van der Waals surface area contributed by atoms with Crippen LogP contribution in [0.3, 0.4) is 0 Å². The van der Waals surface area contributed by atoms with Crippen molar-refractivity contribution in [1.82, 2.24) is 0 Å². The molecule has 0 radical (unpaired) electrons. The summed E-state index contributed by atoms with van der Waals surface area (Å²) in [5, 5.41) is 50.2. The van der Waals surface area contributed by atoms with Crippen molar-refractivity contribution in [3.8, 4) is 0 Å². The van der Waals surface area contributed by atoms with Crippen LogP contribution in [0.1, 0.15) is 155 Å². The van der Waals surface area contributed by atoms with Gasteiger partial charge in [-0.1, -0.05) is 156 Å². The first kappa shape index (κ1) is 59.3. The predicted octanol–water partition coefficient (Wildman–Crippen LogP) is 10.3. The molecule has 0 heterocycles.